The molecule has 0 heteroatoms. The lowest BCUT2D eigenvalue weighted by atomic mass is 9.65. The number of hydrogen-bond donors (Lipinski definition) is 0. The lowest BCUT2D eigenvalue weighted by molar-refractivity contribution is 0.695. The molecular weight excluding hydrogens is 745 g/mol. The van der Waals surface area contributed by atoms with Gasteiger partial charge in [-0.3, -0.25) is 0 Å². The Morgan fingerprint density at radius 2 is 0.968 bits per heavy atom. The Morgan fingerprint density at radius 1 is 0.452 bits per heavy atom. The van der Waals surface area contributed by atoms with E-state index in [0.717, 1.165) is 19.3 Å². The Kier molecular flexibility index (Phi) is 8.48. The second-order valence-electron chi connectivity index (χ2n) is 17.9. The molecule has 0 aliphatic heterocycles. The first-order chi connectivity index (χ1) is 30.5. The molecule has 296 valence electrons. The molecule has 0 aromatic heterocycles. The molecule has 9 aromatic carbocycles. The summed E-state index contributed by atoms with van der Waals surface area (Å²) >= 11 is 0. The zero-order valence-corrected chi connectivity index (χ0v) is 35.4. The molecule has 0 N–H and O–H groups in total. The van der Waals surface area contributed by atoms with Gasteiger partial charge in [-0.15, -0.1) is 0 Å². The molecule has 0 spiro atoms. The Hall–Kier alpha value is -7.02. The van der Waals surface area contributed by atoms with Gasteiger partial charge < -0.3 is 0 Å². The summed E-state index contributed by atoms with van der Waals surface area (Å²) in [6, 6.07) is 74.5. The van der Waals surface area contributed by atoms with Crippen molar-refractivity contribution in [2.45, 2.75) is 49.9 Å². The standard InChI is InChI=1S/C62H48/c1-3-42-22-30-49(31-23-42)61(57-16-8-4-12-53(57)54-13-5-9-17-58(54)61)50-32-24-43(25-33-50)37-44-21-27-48-40-52(35-29-46(48)38-44)62(51-34-28-45-36-41(2)20-26-47(45)39-51)59-18-10-6-14-55(59)56-15-7-11-19-60(56)62/h4-14,16-36,38-40,56H,3,15,37H2,1-2H3. The SMILES string of the molecule is CCc1ccc(C2(c3ccc(Cc4ccc5cc(C6(c7ccc8cc(C)ccc8c7)C7=CC=CCC7c7ccccc76)ccc5c4)cc3)c3ccccc3-c3ccccc32)cc1. The first-order valence-electron chi connectivity index (χ1n) is 22.4. The fourth-order valence-electron chi connectivity index (χ4n) is 11.8. The van der Waals surface area contributed by atoms with Gasteiger partial charge in [0.25, 0.3) is 0 Å². The molecule has 0 amide bonds. The third kappa shape index (κ3) is 5.39. The first kappa shape index (κ1) is 36.8. The highest BCUT2D eigenvalue weighted by molar-refractivity contribution is 5.89. The van der Waals surface area contributed by atoms with Gasteiger partial charge in [-0.05, 0) is 138 Å². The van der Waals surface area contributed by atoms with Crippen LogP contribution in [0.3, 0.4) is 0 Å². The maximum absolute atomic E-state index is 2.48. The lowest BCUT2D eigenvalue weighted by Crippen LogP contribution is -2.29. The summed E-state index contributed by atoms with van der Waals surface area (Å²) in [5.41, 5.74) is 19.6. The summed E-state index contributed by atoms with van der Waals surface area (Å²) in [6.45, 7) is 4.41. The van der Waals surface area contributed by atoms with Crippen LogP contribution in [-0.4, -0.2) is 0 Å². The maximum Gasteiger partial charge on any atom is 0.0713 e. The average molecular weight is 793 g/mol. The molecule has 12 rings (SSSR count). The summed E-state index contributed by atoms with van der Waals surface area (Å²) in [6.07, 6.45) is 9.98. The van der Waals surface area contributed by atoms with E-state index >= 15 is 0 Å². The largest absolute Gasteiger partial charge is 0.0836 e. The molecule has 3 aliphatic carbocycles. The zero-order chi connectivity index (χ0) is 41.4. The van der Waals surface area contributed by atoms with Gasteiger partial charge in [0.05, 0.1) is 10.8 Å². The van der Waals surface area contributed by atoms with Crippen LogP contribution < -0.4 is 0 Å². The van der Waals surface area contributed by atoms with Crippen LogP contribution in [0.1, 0.15) is 86.0 Å². The van der Waals surface area contributed by atoms with Gasteiger partial charge in [-0.25, -0.2) is 0 Å². The van der Waals surface area contributed by atoms with E-state index in [4.69, 9.17) is 0 Å². The van der Waals surface area contributed by atoms with E-state index in [1.54, 1.807) is 0 Å². The van der Waals surface area contributed by atoms with Crippen molar-refractivity contribution in [1.29, 1.82) is 0 Å². The fraction of sp³-hybridized carbons (Fsp3) is 0.129. The van der Waals surface area contributed by atoms with E-state index in [0.29, 0.717) is 5.92 Å². The molecule has 0 saturated heterocycles. The van der Waals surface area contributed by atoms with E-state index in [1.165, 1.54) is 105 Å². The highest BCUT2D eigenvalue weighted by Crippen LogP contribution is 2.60. The van der Waals surface area contributed by atoms with Crippen molar-refractivity contribution in [2.75, 3.05) is 0 Å². The van der Waals surface area contributed by atoms with Crippen molar-refractivity contribution in [3.05, 3.63) is 285 Å². The van der Waals surface area contributed by atoms with Crippen molar-refractivity contribution in [3.8, 4) is 11.1 Å². The van der Waals surface area contributed by atoms with Crippen molar-refractivity contribution >= 4 is 21.5 Å². The maximum atomic E-state index is 2.48. The van der Waals surface area contributed by atoms with Crippen LogP contribution in [0.5, 0.6) is 0 Å². The summed E-state index contributed by atoms with van der Waals surface area (Å²) in [5, 5.41) is 5.14. The van der Waals surface area contributed by atoms with Crippen LogP contribution in [0.25, 0.3) is 32.7 Å². The average Bonchev–Trinajstić information content (AvgIpc) is 3.80. The molecule has 62 heavy (non-hydrogen) atoms. The highest BCUT2D eigenvalue weighted by atomic mass is 14.5. The van der Waals surface area contributed by atoms with E-state index in [9.17, 15) is 0 Å². The number of fused-ring (bicyclic) bond motifs is 8. The first-order valence-corrected chi connectivity index (χ1v) is 22.4. The number of hydrogen-bond acceptors (Lipinski definition) is 0. The van der Waals surface area contributed by atoms with Crippen LogP contribution in [0.4, 0.5) is 0 Å². The van der Waals surface area contributed by atoms with E-state index < -0.39 is 0 Å². The molecule has 2 atom stereocenters. The molecule has 0 nitrogen and oxygen atoms in total. The molecule has 0 fully saturated rings. The lowest BCUT2D eigenvalue weighted by Gasteiger charge is -2.36. The number of aryl methyl sites for hydroxylation is 2. The van der Waals surface area contributed by atoms with Gasteiger partial charge >= 0.3 is 0 Å². The summed E-state index contributed by atoms with van der Waals surface area (Å²) in [5.74, 6) is 0.365. The molecule has 9 aromatic rings. The summed E-state index contributed by atoms with van der Waals surface area (Å²) in [4.78, 5) is 0. The predicted octanol–water partition coefficient (Wildman–Crippen LogP) is 15.1. The van der Waals surface area contributed by atoms with Gasteiger partial charge in [0, 0.05) is 5.92 Å². The Bertz CT molecular complexity index is 3240. The van der Waals surface area contributed by atoms with Gasteiger partial charge in [0.2, 0.25) is 0 Å². The molecule has 0 bridgehead atoms. The van der Waals surface area contributed by atoms with Crippen molar-refractivity contribution in [2.24, 2.45) is 0 Å². The number of allylic oxidation sites excluding steroid dienone is 4. The van der Waals surface area contributed by atoms with Crippen LogP contribution in [0.2, 0.25) is 0 Å². The van der Waals surface area contributed by atoms with Crippen LogP contribution in [-0.2, 0) is 23.7 Å². The Morgan fingerprint density at radius 3 is 1.63 bits per heavy atom. The summed E-state index contributed by atoms with van der Waals surface area (Å²) in [7, 11) is 0. The third-order valence-corrected chi connectivity index (χ3v) is 14.6. The molecule has 0 heterocycles. The quantitative estimate of drug-likeness (QED) is 0.151. The van der Waals surface area contributed by atoms with Crippen molar-refractivity contribution in [1.82, 2.24) is 0 Å². The second-order valence-corrected chi connectivity index (χ2v) is 17.9. The molecule has 0 saturated carbocycles. The predicted molar refractivity (Wildman–Crippen MR) is 259 cm³/mol. The van der Waals surface area contributed by atoms with Gasteiger partial charge in [0.1, 0.15) is 0 Å². The minimum Gasteiger partial charge on any atom is -0.0836 e. The van der Waals surface area contributed by atoms with Crippen LogP contribution >= 0.6 is 0 Å². The van der Waals surface area contributed by atoms with Crippen molar-refractivity contribution < 1.29 is 0 Å². The van der Waals surface area contributed by atoms with Gasteiger partial charge in [-0.2, -0.15) is 0 Å². The zero-order valence-electron chi connectivity index (χ0n) is 35.4. The highest BCUT2D eigenvalue weighted by Gasteiger charge is 2.50. The monoisotopic (exact) mass is 792 g/mol. The van der Waals surface area contributed by atoms with Crippen LogP contribution in [0, 0.1) is 6.92 Å². The smallest absolute Gasteiger partial charge is 0.0713 e. The molecular formula is C62H48. The van der Waals surface area contributed by atoms with Crippen molar-refractivity contribution in [3.63, 3.8) is 0 Å². The minimum absolute atomic E-state index is 0.365. The minimum atomic E-state index is -0.383. The Labute approximate surface area is 365 Å². The molecule has 0 radical (unpaired) electrons. The normalized spacial score (nSPS) is 18.0. The summed E-state index contributed by atoms with van der Waals surface area (Å²) < 4.78 is 0. The third-order valence-electron chi connectivity index (χ3n) is 14.6. The molecule has 3 aliphatic rings. The Balaban J connectivity index is 0.927. The van der Waals surface area contributed by atoms with Gasteiger partial charge in [0.15, 0.2) is 0 Å². The molecule has 2 unspecified atom stereocenters. The fourth-order valence-corrected chi connectivity index (χ4v) is 11.8. The van der Waals surface area contributed by atoms with E-state index in [2.05, 4.69) is 226 Å². The van der Waals surface area contributed by atoms with E-state index in [1.807, 2.05) is 0 Å². The number of benzene rings is 9. The second kappa shape index (κ2) is 14.3. The van der Waals surface area contributed by atoms with E-state index in [-0.39, 0.29) is 10.8 Å². The van der Waals surface area contributed by atoms with Gasteiger partial charge in [-0.1, -0.05) is 213 Å². The number of rotatable bonds is 7. The topological polar surface area (TPSA) is 0 Å². The van der Waals surface area contributed by atoms with Crippen LogP contribution in [0.15, 0.2) is 218 Å².